The topological polar surface area (TPSA) is 42.0 Å². The normalized spacial score (nSPS) is 19.7. The fraction of sp³-hybridized carbons (Fsp3) is 0.222. The van der Waals surface area contributed by atoms with Gasteiger partial charge in [0.25, 0.3) is 0 Å². The van der Waals surface area contributed by atoms with Gasteiger partial charge in [-0.1, -0.05) is 30.3 Å². The number of hydrogen-bond acceptors (Lipinski definition) is 3. The third-order valence-corrected chi connectivity index (χ3v) is 5.22. The number of thiazole rings is 1. The zero-order valence-electron chi connectivity index (χ0n) is 12.3. The molecule has 1 aliphatic carbocycles. The van der Waals surface area contributed by atoms with E-state index >= 15 is 0 Å². The molecule has 3 aromatic rings. The number of nitrogens with zero attached hydrogens (tertiary/aromatic N) is 1. The van der Waals surface area contributed by atoms with Gasteiger partial charge in [-0.25, -0.2) is 9.37 Å². The van der Waals surface area contributed by atoms with E-state index in [0.29, 0.717) is 18.5 Å². The van der Waals surface area contributed by atoms with Crippen molar-refractivity contribution in [3.05, 3.63) is 64.9 Å². The van der Waals surface area contributed by atoms with Crippen molar-refractivity contribution < 1.29 is 9.18 Å². The first kappa shape index (κ1) is 14.3. The molecule has 1 N–H and O–H groups in total. The number of rotatable bonds is 4. The van der Waals surface area contributed by atoms with Gasteiger partial charge in [-0.3, -0.25) is 4.79 Å². The predicted octanol–water partition coefficient (Wildman–Crippen LogP) is 3.86. The zero-order chi connectivity index (χ0) is 15.8. The lowest BCUT2D eigenvalue weighted by Crippen LogP contribution is -2.24. The van der Waals surface area contributed by atoms with Crippen molar-refractivity contribution in [3.8, 4) is 0 Å². The van der Waals surface area contributed by atoms with Crippen LogP contribution in [-0.4, -0.2) is 10.9 Å². The van der Waals surface area contributed by atoms with Gasteiger partial charge in [0.1, 0.15) is 10.8 Å². The van der Waals surface area contributed by atoms with Crippen LogP contribution in [0.3, 0.4) is 0 Å². The number of benzene rings is 2. The molecule has 0 saturated heterocycles. The van der Waals surface area contributed by atoms with Gasteiger partial charge in [-0.05, 0) is 36.1 Å². The second-order valence-corrected chi connectivity index (χ2v) is 6.88. The molecule has 1 fully saturated rings. The van der Waals surface area contributed by atoms with Crippen LogP contribution in [0.25, 0.3) is 10.2 Å². The molecule has 116 valence electrons. The maximum absolute atomic E-state index is 13.7. The Morgan fingerprint density at radius 3 is 2.83 bits per heavy atom. The van der Waals surface area contributed by atoms with Crippen molar-refractivity contribution in [2.75, 3.05) is 0 Å². The van der Waals surface area contributed by atoms with Gasteiger partial charge in [0.15, 0.2) is 0 Å². The Kier molecular flexibility index (Phi) is 3.58. The van der Waals surface area contributed by atoms with E-state index in [4.69, 9.17) is 0 Å². The van der Waals surface area contributed by atoms with Crippen LogP contribution in [0.4, 0.5) is 4.39 Å². The standard InChI is InChI=1S/C18H15FN2OS/c19-14-6-2-1-5-11(14)12-9-13(12)18(22)20-10-17-21-15-7-3-4-8-16(15)23-17/h1-8,12-13H,9-10H2,(H,20,22). The predicted molar refractivity (Wildman–Crippen MR) is 88.7 cm³/mol. The van der Waals surface area contributed by atoms with E-state index < -0.39 is 0 Å². The molecule has 0 radical (unpaired) electrons. The molecule has 1 aromatic heterocycles. The number of carbonyl (C=O) groups is 1. The molecule has 3 nitrogen and oxygen atoms in total. The van der Waals surface area contributed by atoms with E-state index in [1.165, 1.54) is 6.07 Å². The number of halogens is 1. The number of hydrogen-bond donors (Lipinski definition) is 1. The van der Waals surface area contributed by atoms with Crippen LogP contribution in [0.5, 0.6) is 0 Å². The average molecular weight is 326 g/mol. The van der Waals surface area contributed by atoms with Crippen LogP contribution in [0, 0.1) is 11.7 Å². The minimum absolute atomic E-state index is 0.00608. The minimum Gasteiger partial charge on any atom is -0.349 e. The van der Waals surface area contributed by atoms with Crippen LogP contribution in [0.15, 0.2) is 48.5 Å². The van der Waals surface area contributed by atoms with Gasteiger partial charge in [-0.15, -0.1) is 11.3 Å². The van der Waals surface area contributed by atoms with Gasteiger partial charge >= 0.3 is 0 Å². The number of aromatic nitrogens is 1. The van der Waals surface area contributed by atoms with Crippen molar-refractivity contribution in [3.63, 3.8) is 0 Å². The Balaban J connectivity index is 1.39. The molecule has 23 heavy (non-hydrogen) atoms. The van der Waals surface area contributed by atoms with Crippen molar-refractivity contribution in [1.29, 1.82) is 0 Å². The molecule has 2 aromatic carbocycles. The summed E-state index contributed by atoms with van der Waals surface area (Å²) in [6.45, 7) is 0.429. The second-order valence-electron chi connectivity index (χ2n) is 5.76. The first-order chi connectivity index (χ1) is 11.2. The minimum atomic E-state index is -0.223. The summed E-state index contributed by atoms with van der Waals surface area (Å²) in [4.78, 5) is 16.7. The van der Waals surface area contributed by atoms with Crippen LogP contribution in [0.1, 0.15) is 22.9 Å². The molecule has 5 heteroatoms. The zero-order valence-corrected chi connectivity index (χ0v) is 13.1. The van der Waals surface area contributed by atoms with E-state index in [1.54, 1.807) is 23.5 Å². The van der Waals surface area contributed by atoms with E-state index in [1.807, 2.05) is 30.3 Å². The first-order valence-corrected chi connectivity index (χ1v) is 8.40. The Labute approximate surface area is 137 Å². The lowest BCUT2D eigenvalue weighted by atomic mass is 10.1. The average Bonchev–Trinajstić information content (AvgIpc) is 3.24. The third-order valence-electron chi connectivity index (χ3n) is 4.18. The summed E-state index contributed by atoms with van der Waals surface area (Å²) >= 11 is 1.59. The van der Waals surface area contributed by atoms with Crippen molar-refractivity contribution in [2.45, 2.75) is 18.9 Å². The molecule has 1 amide bonds. The summed E-state index contributed by atoms with van der Waals surface area (Å²) in [5, 5.41) is 3.82. The van der Waals surface area contributed by atoms with Crippen molar-refractivity contribution in [1.82, 2.24) is 10.3 Å². The van der Waals surface area contributed by atoms with Gasteiger partial charge in [0.05, 0.1) is 16.8 Å². The molecule has 1 aliphatic rings. The molecule has 1 saturated carbocycles. The van der Waals surface area contributed by atoms with Crippen molar-refractivity contribution >= 4 is 27.5 Å². The summed E-state index contributed by atoms with van der Waals surface area (Å²) in [5.74, 6) is -0.357. The van der Waals surface area contributed by atoms with Crippen LogP contribution >= 0.6 is 11.3 Å². The summed E-state index contributed by atoms with van der Waals surface area (Å²) in [6, 6.07) is 14.6. The first-order valence-electron chi connectivity index (χ1n) is 7.59. The Hall–Kier alpha value is -2.27. The molecular formula is C18H15FN2OS. The lowest BCUT2D eigenvalue weighted by molar-refractivity contribution is -0.122. The summed E-state index contributed by atoms with van der Waals surface area (Å²) in [5.41, 5.74) is 1.60. The van der Waals surface area contributed by atoms with E-state index in [-0.39, 0.29) is 23.6 Å². The fourth-order valence-corrected chi connectivity index (χ4v) is 3.80. The Morgan fingerprint density at radius 1 is 1.22 bits per heavy atom. The highest BCUT2D eigenvalue weighted by atomic mass is 32.1. The molecule has 0 aliphatic heterocycles. The molecule has 2 unspecified atom stereocenters. The quantitative estimate of drug-likeness (QED) is 0.791. The fourth-order valence-electron chi connectivity index (χ4n) is 2.89. The number of para-hydroxylation sites is 1. The smallest absolute Gasteiger partial charge is 0.224 e. The number of carbonyl (C=O) groups excluding carboxylic acids is 1. The molecule has 2 atom stereocenters. The highest BCUT2D eigenvalue weighted by molar-refractivity contribution is 7.18. The van der Waals surface area contributed by atoms with E-state index in [0.717, 1.165) is 15.2 Å². The highest BCUT2D eigenvalue weighted by Gasteiger charge is 2.44. The molecular weight excluding hydrogens is 311 g/mol. The molecule has 0 spiro atoms. The van der Waals surface area contributed by atoms with Crippen LogP contribution in [0.2, 0.25) is 0 Å². The van der Waals surface area contributed by atoms with E-state index in [2.05, 4.69) is 10.3 Å². The SMILES string of the molecule is O=C(NCc1nc2ccccc2s1)C1CC1c1ccccc1F. The van der Waals surface area contributed by atoms with Gasteiger partial charge in [0.2, 0.25) is 5.91 Å². The molecule has 0 bridgehead atoms. The third kappa shape index (κ3) is 2.84. The molecule has 4 rings (SSSR count). The van der Waals surface area contributed by atoms with Crippen LogP contribution in [-0.2, 0) is 11.3 Å². The number of amides is 1. The van der Waals surface area contributed by atoms with Crippen molar-refractivity contribution in [2.24, 2.45) is 5.92 Å². The monoisotopic (exact) mass is 326 g/mol. The lowest BCUT2D eigenvalue weighted by Gasteiger charge is -2.03. The Bertz CT molecular complexity index is 843. The summed E-state index contributed by atoms with van der Waals surface area (Å²) < 4.78 is 14.9. The highest BCUT2D eigenvalue weighted by Crippen LogP contribution is 2.48. The largest absolute Gasteiger partial charge is 0.349 e. The van der Waals surface area contributed by atoms with Crippen LogP contribution < -0.4 is 5.32 Å². The number of nitrogens with one attached hydrogen (secondary N) is 1. The Morgan fingerprint density at radius 2 is 2.00 bits per heavy atom. The summed E-state index contributed by atoms with van der Waals surface area (Å²) in [6.07, 6.45) is 0.715. The maximum atomic E-state index is 13.7. The maximum Gasteiger partial charge on any atom is 0.224 e. The molecule has 1 heterocycles. The summed E-state index contributed by atoms with van der Waals surface area (Å²) in [7, 11) is 0. The van der Waals surface area contributed by atoms with Gasteiger partial charge < -0.3 is 5.32 Å². The second kappa shape index (κ2) is 5.74. The van der Waals surface area contributed by atoms with Gasteiger partial charge in [0, 0.05) is 5.92 Å². The number of fused-ring (bicyclic) bond motifs is 1. The van der Waals surface area contributed by atoms with E-state index in [9.17, 15) is 9.18 Å². The van der Waals surface area contributed by atoms with Gasteiger partial charge in [-0.2, -0.15) is 0 Å².